The summed E-state index contributed by atoms with van der Waals surface area (Å²) in [4.78, 5) is 24.4. The number of thioether (sulfide) groups is 1. The monoisotopic (exact) mass is 484 g/mol. The molecule has 1 amide bonds. The van der Waals surface area contributed by atoms with Crippen LogP contribution in [-0.2, 0) is 30.8 Å². The summed E-state index contributed by atoms with van der Waals surface area (Å²) >= 11 is 7.34. The minimum atomic E-state index is -3.90. The zero-order valence-corrected chi connectivity index (χ0v) is 19.6. The summed E-state index contributed by atoms with van der Waals surface area (Å²) < 4.78 is 32.8. The van der Waals surface area contributed by atoms with Gasteiger partial charge in [-0.15, -0.1) is 0 Å². The van der Waals surface area contributed by atoms with Gasteiger partial charge in [-0.05, 0) is 67.3 Å². The zero-order valence-electron chi connectivity index (χ0n) is 17.3. The Morgan fingerprint density at radius 2 is 1.74 bits per heavy atom. The number of halogens is 1. The molecule has 7 nitrogen and oxygen atoms in total. The molecule has 1 atom stereocenters. The van der Waals surface area contributed by atoms with Crippen molar-refractivity contribution < 1.29 is 22.7 Å². The van der Waals surface area contributed by atoms with Crippen LogP contribution in [0, 0.1) is 0 Å². The summed E-state index contributed by atoms with van der Waals surface area (Å²) in [5, 5.41) is 3.15. The smallest absolute Gasteiger partial charge is 0.310 e. The Balaban J connectivity index is 2.08. The molecular formula is C21H25ClN2O5S2. The first kappa shape index (κ1) is 25.2. The Hall–Kier alpha value is -2.07. The molecule has 31 heavy (non-hydrogen) atoms. The molecule has 0 heterocycles. The first-order valence-corrected chi connectivity index (χ1v) is 12.8. The van der Waals surface area contributed by atoms with E-state index in [1.807, 2.05) is 6.26 Å². The Bertz CT molecular complexity index is 980. The Labute approximate surface area is 191 Å². The molecule has 2 N–H and O–H groups in total. The molecule has 168 valence electrons. The summed E-state index contributed by atoms with van der Waals surface area (Å²) in [5.74, 6) is -0.197. The fraction of sp³-hybridized carbons (Fsp3) is 0.333. The topological polar surface area (TPSA) is 102 Å². The maximum absolute atomic E-state index is 12.8. The fourth-order valence-electron chi connectivity index (χ4n) is 2.66. The number of hydrogen-bond donors (Lipinski definition) is 2. The molecule has 0 aromatic heterocycles. The molecular weight excluding hydrogens is 460 g/mol. The summed E-state index contributed by atoms with van der Waals surface area (Å²) in [7, 11) is -3.90. The minimum absolute atomic E-state index is 0.0298. The third kappa shape index (κ3) is 8.17. The largest absolute Gasteiger partial charge is 0.466 e. The van der Waals surface area contributed by atoms with Crippen molar-refractivity contribution in [3.63, 3.8) is 0 Å². The second-order valence-corrected chi connectivity index (χ2v) is 9.71. The van der Waals surface area contributed by atoms with Crippen molar-refractivity contribution in [2.45, 2.75) is 30.7 Å². The molecule has 0 aliphatic rings. The third-order valence-electron chi connectivity index (χ3n) is 4.22. The van der Waals surface area contributed by atoms with Gasteiger partial charge in [-0.1, -0.05) is 23.7 Å². The second-order valence-electron chi connectivity index (χ2n) is 6.58. The van der Waals surface area contributed by atoms with E-state index in [1.165, 1.54) is 36.0 Å². The van der Waals surface area contributed by atoms with Gasteiger partial charge in [0, 0.05) is 10.7 Å². The van der Waals surface area contributed by atoms with E-state index in [-0.39, 0.29) is 17.3 Å². The zero-order chi connectivity index (χ0) is 22.9. The molecule has 0 unspecified atom stereocenters. The lowest BCUT2D eigenvalue weighted by molar-refractivity contribution is -0.142. The maximum Gasteiger partial charge on any atom is 0.310 e. The Morgan fingerprint density at radius 1 is 1.10 bits per heavy atom. The maximum atomic E-state index is 12.8. The molecule has 0 radical (unpaired) electrons. The highest BCUT2D eigenvalue weighted by atomic mass is 35.5. The number of rotatable bonds is 11. The van der Waals surface area contributed by atoms with Crippen molar-refractivity contribution in [3.05, 3.63) is 59.1 Å². The molecule has 2 aromatic carbocycles. The van der Waals surface area contributed by atoms with E-state index in [0.717, 1.165) is 5.56 Å². The number of ether oxygens (including phenoxy) is 1. The van der Waals surface area contributed by atoms with Gasteiger partial charge in [-0.3, -0.25) is 9.59 Å². The van der Waals surface area contributed by atoms with Gasteiger partial charge < -0.3 is 10.1 Å². The van der Waals surface area contributed by atoms with E-state index in [1.54, 1.807) is 31.2 Å². The van der Waals surface area contributed by atoms with E-state index in [2.05, 4.69) is 10.0 Å². The van der Waals surface area contributed by atoms with E-state index in [9.17, 15) is 18.0 Å². The Kier molecular flexibility index (Phi) is 9.83. The van der Waals surface area contributed by atoms with Gasteiger partial charge in [0.15, 0.2) is 0 Å². The highest BCUT2D eigenvalue weighted by molar-refractivity contribution is 7.98. The van der Waals surface area contributed by atoms with Gasteiger partial charge in [-0.2, -0.15) is 16.5 Å². The normalized spacial score (nSPS) is 12.2. The number of carbonyl (C=O) groups is 2. The van der Waals surface area contributed by atoms with Gasteiger partial charge in [-0.25, -0.2) is 8.42 Å². The van der Waals surface area contributed by atoms with Gasteiger partial charge in [0.1, 0.15) is 6.04 Å². The lowest BCUT2D eigenvalue weighted by Crippen LogP contribution is -2.44. The van der Waals surface area contributed by atoms with Crippen molar-refractivity contribution in [1.29, 1.82) is 0 Å². The van der Waals surface area contributed by atoms with Crippen LogP contribution in [-0.4, -0.2) is 45.0 Å². The lowest BCUT2D eigenvalue weighted by Gasteiger charge is -2.18. The number of benzene rings is 2. The number of amides is 1. The van der Waals surface area contributed by atoms with E-state index in [0.29, 0.717) is 29.5 Å². The van der Waals surface area contributed by atoms with Crippen LogP contribution >= 0.6 is 23.4 Å². The third-order valence-corrected chi connectivity index (χ3v) is 6.61. The second kappa shape index (κ2) is 12.1. The predicted molar refractivity (Wildman–Crippen MR) is 124 cm³/mol. The molecule has 2 rings (SSSR count). The highest BCUT2D eigenvalue weighted by Gasteiger charge is 2.25. The molecule has 0 aliphatic heterocycles. The van der Waals surface area contributed by atoms with Gasteiger partial charge in [0.05, 0.1) is 17.9 Å². The number of carbonyl (C=O) groups excluding carboxylic acids is 2. The average Bonchev–Trinajstić information content (AvgIpc) is 2.73. The van der Waals surface area contributed by atoms with Crippen LogP contribution in [0.25, 0.3) is 0 Å². The molecule has 10 heteroatoms. The van der Waals surface area contributed by atoms with Crippen LogP contribution in [0.1, 0.15) is 18.9 Å². The molecule has 0 saturated carbocycles. The van der Waals surface area contributed by atoms with E-state index < -0.39 is 22.0 Å². The van der Waals surface area contributed by atoms with Crippen molar-refractivity contribution in [3.8, 4) is 0 Å². The average molecular weight is 485 g/mol. The molecule has 0 spiro atoms. The van der Waals surface area contributed by atoms with Crippen molar-refractivity contribution >= 4 is 50.9 Å². The van der Waals surface area contributed by atoms with Crippen LogP contribution < -0.4 is 10.0 Å². The van der Waals surface area contributed by atoms with Crippen molar-refractivity contribution in [1.82, 2.24) is 4.72 Å². The number of sulfonamides is 1. The van der Waals surface area contributed by atoms with Crippen molar-refractivity contribution in [2.24, 2.45) is 0 Å². The molecule has 0 aliphatic carbocycles. The van der Waals surface area contributed by atoms with E-state index >= 15 is 0 Å². The highest BCUT2D eigenvalue weighted by Crippen LogP contribution is 2.16. The van der Waals surface area contributed by atoms with E-state index in [4.69, 9.17) is 16.3 Å². The molecule has 0 bridgehead atoms. The minimum Gasteiger partial charge on any atom is -0.466 e. The van der Waals surface area contributed by atoms with Crippen molar-refractivity contribution in [2.75, 3.05) is 23.9 Å². The lowest BCUT2D eigenvalue weighted by atomic mass is 10.1. The first-order valence-electron chi connectivity index (χ1n) is 9.57. The number of hydrogen-bond acceptors (Lipinski definition) is 6. The van der Waals surface area contributed by atoms with Gasteiger partial charge >= 0.3 is 5.97 Å². The quantitative estimate of drug-likeness (QED) is 0.473. The fourth-order valence-corrected chi connectivity index (χ4v) is 4.49. The predicted octanol–water partition coefficient (Wildman–Crippen LogP) is 3.48. The summed E-state index contributed by atoms with van der Waals surface area (Å²) in [5.41, 5.74) is 1.25. The van der Waals surface area contributed by atoms with Crippen LogP contribution in [0.4, 0.5) is 5.69 Å². The van der Waals surface area contributed by atoms with Crippen LogP contribution in [0.5, 0.6) is 0 Å². The number of nitrogens with one attached hydrogen (secondary N) is 2. The number of anilines is 1. The summed E-state index contributed by atoms with van der Waals surface area (Å²) in [6.45, 7) is 2.06. The first-order chi connectivity index (χ1) is 14.7. The van der Waals surface area contributed by atoms with Gasteiger partial charge in [0.2, 0.25) is 15.9 Å². The number of esters is 1. The summed E-state index contributed by atoms with van der Waals surface area (Å²) in [6, 6.07) is 11.5. The molecule has 2 aromatic rings. The molecule has 0 saturated heterocycles. The van der Waals surface area contributed by atoms with Crippen LogP contribution in [0.15, 0.2) is 53.4 Å². The van der Waals surface area contributed by atoms with Gasteiger partial charge in [0.25, 0.3) is 0 Å². The SMILES string of the molecule is CCOC(=O)Cc1ccc(NC(=O)[C@@H](CCSC)NS(=O)(=O)c2ccc(Cl)cc2)cc1. The van der Waals surface area contributed by atoms with Crippen LogP contribution in [0.3, 0.4) is 0 Å². The standard InChI is InChI=1S/C21H25ClN2O5S2/c1-3-29-20(25)14-15-4-8-17(9-5-15)23-21(26)19(12-13-30-2)24-31(27,28)18-10-6-16(22)7-11-18/h4-11,19,24H,3,12-14H2,1-2H3,(H,23,26)/t19-/m1/s1. The summed E-state index contributed by atoms with van der Waals surface area (Å²) in [6.07, 6.45) is 2.34. The van der Waals surface area contributed by atoms with Crippen LogP contribution in [0.2, 0.25) is 5.02 Å². The Morgan fingerprint density at radius 3 is 2.32 bits per heavy atom. The molecule has 0 fully saturated rings.